The molecule has 1 aliphatic heterocycles. The number of carbonyl (C=O) groups excluding carboxylic acids is 1. The largest absolute Gasteiger partial charge is 0.497 e. The Morgan fingerprint density at radius 3 is 2.33 bits per heavy atom. The van der Waals surface area contributed by atoms with E-state index in [1.54, 1.807) is 28.4 Å². The molecule has 2 aromatic rings. The lowest BCUT2D eigenvalue weighted by Gasteiger charge is -2.14. The van der Waals surface area contributed by atoms with Crippen molar-refractivity contribution in [3.8, 4) is 23.0 Å². The van der Waals surface area contributed by atoms with Gasteiger partial charge in [-0.1, -0.05) is 12.1 Å². The molecule has 0 spiro atoms. The van der Waals surface area contributed by atoms with Gasteiger partial charge in [-0.3, -0.25) is 4.79 Å². The van der Waals surface area contributed by atoms with Gasteiger partial charge in [0.25, 0.3) is 0 Å². The van der Waals surface area contributed by atoms with Gasteiger partial charge in [0, 0.05) is 12.6 Å². The van der Waals surface area contributed by atoms with Crippen molar-refractivity contribution in [2.75, 3.05) is 48.6 Å². The van der Waals surface area contributed by atoms with E-state index in [-0.39, 0.29) is 11.9 Å². The van der Waals surface area contributed by atoms with E-state index in [1.807, 2.05) is 24.3 Å². The molecule has 0 bridgehead atoms. The highest BCUT2D eigenvalue weighted by molar-refractivity contribution is 6.04. The van der Waals surface area contributed by atoms with Crippen molar-refractivity contribution in [3.63, 3.8) is 0 Å². The van der Waals surface area contributed by atoms with Crippen LogP contribution in [-0.4, -0.2) is 65.4 Å². The van der Waals surface area contributed by atoms with Crippen molar-refractivity contribution < 1.29 is 23.7 Å². The van der Waals surface area contributed by atoms with E-state index in [4.69, 9.17) is 18.9 Å². The maximum absolute atomic E-state index is 13.0. The molecule has 1 fully saturated rings. The highest BCUT2D eigenvalue weighted by Crippen LogP contribution is 2.45. The Labute approximate surface area is 213 Å². The molecular weight excluding hydrogens is 456 g/mol. The number of ether oxygens (including phenoxy) is 4. The molecule has 2 aromatic carbocycles. The molecule has 0 radical (unpaired) electrons. The highest BCUT2D eigenvalue weighted by atomic mass is 16.5. The lowest BCUT2D eigenvalue weighted by molar-refractivity contribution is -0.120. The number of nitrogens with one attached hydrogen (secondary N) is 1. The summed E-state index contributed by atoms with van der Waals surface area (Å²) in [6.07, 6.45) is 4.21. The molecule has 1 heterocycles. The van der Waals surface area contributed by atoms with Crippen molar-refractivity contribution in [2.24, 2.45) is 0 Å². The summed E-state index contributed by atoms with van der Waals surface area (Å²) in [6, 6.07) is 10.2. The standard InChI is InChI=1S/C29H36N2O5/c1-18-22(9-7-19-13-26(34-4)29(36-6)27(14-19)35-5)23-10-8-21(33-3)15-25(23)24(18)16-28(32)30-20-11-12-31(2)17-20/h8-10,13-15,20H,7,11-12,16-17H2,1-6H3,(H,30,32)/b22-9-. The number of carbonyl (C=O) groups is 1. The first-order valence-corrected chi connectivity index (χ1v) is 12.2. The molecule has 1 aliphatic carbocycles. The molecule has 192 valence electrons. The van der Waals surface area contributed by atoms with Gasteiger partial charge in [-0.15, -0.1) is 0 Å². The number of likely N-dealkylation sites (N-methyl/N-ethyl adjacent to an activating group) is 1. The quantitative estimate of drug-likeness (QED) is 0.562. The number of likely N-dealkylation sites (tertiary alicyclic amines) is 1. The normalized spacial score (nSPS) is 18.4. The van der Waals surface area contributed by atoms with Crippen LogP contribution in [0.2, 0.25) is 0 Å². The fraction of sp³-hybridized carbons (Fsp3) is 0.414. The molecule has 4 rings (SSSR count). The van der Waals surface area contributed by atoms with E-state index < -0.39 is 0 Å². The Morgan fingerprint density at radius 2 is 1.75 bits per heavy atom. The van der Waals surface area contributed by atoms with Crippen LogP contribution >= 0.6 is 0 Å². The van der Waals surface area contributed by atoms with Crippen LogP contribution in [0.3, 0.4) is 0 Å². The second kappa shape index (κ2) is 11.1. The predicted octanol–water partition coefficient (Wildman–Crippen LogP) is 4.34. The summed E-state index contributed by atoms with van der Waals surface area (Å²) in [7, 11) is 8.59. The molecule has 1 amide bonds. The SMILES string of the molecule is COc1ccc2c(c1)C(CC(=O)NC1CCN(C)C1)=C(C)/C2=C/Cc1cc(OC)c(OC)c(OC)c1. The molecule has 1 N–H and O–H groups in total. The smallest absolute Gasteiger partial charge is 0.224 e. The number of rotatable bonds is 9. The maximum Gasteiger partial charge on any atom is 0.224 e. The number of allylic oxidation sites excluding steroid dienone is 3. The van der Waals surface area contributed by atoms with Crippen molar-refractivity contribution in [3.05, 3.63) is 58.7 Å². The molecule has 1 atom stereocenters. The minimum Gasteiger partial charge on any atom is -0.497 e. The van der Waals surface area contributed by atoms with Crippen molar-refractivity contribution in [1.82, 2.24) is 10.2 Å². The summed E-state index contributed by atoms with van der Waals surface area (Å²) < 4.78 is 22.0. The van der Waals surface area contributed by atoms with Crippen LogP contribution in [-0.2, 0) is 11.2 Å². The third-order valence-corrected chi connectivity index (χ3v) is 7.06. The zero-order valence-electron chi connectivity index (χ0n) is 22.1. The Hall–Kier alpha value is -3.45. The van der Waals surface area contributed by atoms with Crippen molar-refractivity contribution in [2.45, 2.75) is 32.2 Å². The number of hydrogen-bond donors (Lipinski definition) is 1. The molecule has 2 aliphatic rings. The van der Waals surface area contributed by atoms with Crippen LogP contribution in [0.4, 0.5) is 0 Å². The first-order valence-electron chi connectivity index (χ1n) is 12.2. The van der Waals surface area contributed by atoms with Gasteiger partial charge < -0.3 is 29.2 Å². The lowest BCUT2D eigenvalue weighted by Crippen LogP contribution is -2.36. The maximum atomic E-state index is 13.0. The molecule has 1 saturated heterocycles. The Kier molecular flexibility index (Phi) is 7.89. The van der Waals surface area contributed by atoms with E-state index in [0.29, 0.717) is 30.1 Å². The van der Waals surface area contributed by atoms with Crippen LogP contribution < -0.4 is 24.3 Å². The summed E-state index contributed by atoms with van der Waals surface area (Å²) in [5.41, 5.74) is 6.50. The molecule has 0 saturated carbocycles. The Morgan fingerprint density at radius 1 is 1.03 bits per heavy atom. The van der Waals surface area contributed by atoms with Crippen LogP contribution in [0, 0.1) is 0 Å². The molecule has 7 nitrogen and oxygen atoms in total. The predicted molar refractivity (Wildman–Crippen MR) is 142 cm³/mol. The second-order valence-electron chi connectivity index (χ2n) is 9.36. The third kappa shape index (κ3) is 5.21. The zero-order valence-corrected chi connectivity index (χ0v) is 22.1. The first kappa shape index (κ1) is 25.6. The van der Waals surface area contributed by atoms with Crippen LogP contribution in [0.15, 0.2) is 42.0 Å². The van der Waals surface area contributed by atoms with Crippen LogP contribution in [0.1, 0.15) is 36.5 Å². The summed E-state index contributed by atoms with van der Waals surface area (Å²) in [5.74, 6) is 2.67. The topological polar surface area (TPSA) is 69.3 Å². The molecular formula is C29H36N2O5. The van der Waals surface area contributed by atoms with Crippen LogP contribution in [0.5, 0.6) is 23.0 Å². The van der Waals surface area contributed by atoms with Gasteiger partial charge in [0.05, 0.1) is 34.9 Å². The summed E-state index contributed by atoms with van der Waals surface area (Å²) in [6.45, 7) is 4.01. The minimum atomic E-state index is 0.0595. The number of hydrogen-bond acceptors (Lipinski definition) is 6. The second-order valence-corrected chi connectivity index (χ2v) is 9.36. The molecule has 1 unspecified atom stereocenters. The van der Waals surface area contributed by atoms with E-state index in [9.17, 15) is 4.79 Å². The molecule has 0 aromatic heterocycles. The van der Waals surface area contributed by atoms with E-state index in [1.165, 1.54) is 0 Å². The number of fused-ring (bicyclic) bond motifs is 1. The van der Waals surface area contributed by atoms with Gasteiger partial charge in [0.2, 0.25) is 11.7 Å². The summed E-state index contributed by atoms with van der Waals surface area (Å²) in [4.78, 5) is 15.3. The number of methoxy groups -OCH3 is 4. The fourth-order valence-corrected chi connectivity index (χ4v) is 5.16. The summed E-state index contributed by atoms with van der Waals surface area (Å²) in [5, 5.41) is 3.22. The third-order valence-electron chi connectivity index (χ3n) is 7.06. The van der Waals surface area contributed by atoms with E-state index in [0.717, 1.165) is 58.7 Å². The zero-order chi connectivity index (χ0) is 25.8. The first-order chi connectivity index (χ1) is 17.4. The van der Waals surface area contributed by atoms with Gasteiger partial charge in [0.1, 0.15) is 5.75 Å². The van der Waals surface area contributed by atoms with Gasteiger partial charge in [0.15, 0.2) is 11.5 Å². The average molecular weight is 493 g/mol. The van der Waals surface area contributed by atoms with Crippen molar-refractivity contribution in [1.29, 1.82) is 0 Å². The van der Waals surface area contributed by atoms with Gasteiger partial charge in [-0.25, -0.2) is 0 Å². The van der Waals surface area contributed by atoms with E-state index in [2.05, 4.69) is 36.3 Å². The van der Waals surface area contributed by atoms with Crippen molar-refractivity contribution >= 4 is 17.1 Å². The highest BCUT2D eigenvalue weighted by Gasteiger charge is 2.27. The number of benzene rings is 2. The van der Waals surface area contributed by atoms with E-state index >= 15 is 0 Å². The van der Waals surface area contributed by atoms with Gasteiger partial charge in [-0.05, 0) is 91.0 Å². The van der Waals surface area contributed by atoms with Crippen LogP contribution in [0.25, 0.3) is 11.1 Å². The number of amides is 1. The summed E-state index contributed by atoms with van der Waals surface area (Å²) >= 11 is 0. The fourth-order valence-electron chi connectivity index (χ4n) is 5.16. The Balaban J connectivity index is 1.64. The molecule has 36 heavy (non-hydrogen) atoms. The van der Waals surface area contributed by atoms with Gasteiger partial charge >= 0.3 is 0 Å². The minimum absolute atomic E-state index is 0.0595. The average Bonchev–Trinajstić information content (AvgIpc) is 3.41. The monoisotopic (exact) mass is 492 g/mol. The lowest BCUT2D eigenvalue weighted by atomic mass is 10.00. The Bertz CT molecular complexity index is 1180. The number of nitrogens with zero attached hydrogens (tertiary/aromatic N) is 1. The molecule has 7 heteroatoms. The van der Waals surface area contributed by atoms with Gasteiger partial charge in [-0.2, -0.15) is 0 Å².